The Labute approximate surface area is 156 Å². The molecular weight excluding hydrogens is 346 g/mol. The Hall–Kier alpha value is -3.23. The molecule has 1 unspecified atom stereocenters. The molecule has 1 saturated heterocycles. The molecule has 3 aromatic rings. The molecule has 4 rings (SSSR count). The second-order valence-corrected chi connectivity index (χ2v) is 6.65. The van der Waals surface area contributed by atoms with Gasteiger partial charge in [0.1, 0.15) is 0 Å². The normalized spacial score (nSPS) is 17.1. The third kappa shape index (κ3) is 4.13. The first-order valence-corrected chi connectivity index (χ1v) is 8.96. The summed E-state index contributed by atoms with van der Waals surface area (Å²) >= 11 is 0. The average molecular weight is 367 g/mol. The number of amides is 2. The van der Waals surface area contributed by atoms with Gasteiger partial charge in [0.15, 0.2) is 11.6 Å². The first-order chi connectivity index (χ1) is 13.2. The quantitative estimate of drug-likeness (QED) is 0.760. The summed E-state index contributed by atoms with van der Waals surface area (Å²) in [5.41, 5.74) is 1.10. The van der Waals surface area contributed by atoms with Gasteiger partial charge in [-0.15, -0.1) is 0 Å². The first-order valence-electron chi connectivity index (χ1n) is 8.96. The van der Waals surface area contributed by atoms with E-state index < -0.39 is 0 Å². The molecule has 9 nitrogen and oxygen atoms in total. The number of hydrogen-bond donors (Lipinski definition) is 1. The second-order valence-electron chi connectivity index (χ2n) is 6.65. The maximum Gasteiger partial charge on any atom is 0.323 e. The topological polar surface area (TPSA) is 102 Å². The van der Waals surface area contributed by atoms with Crippen molar-refractivity contribution in [3.05, 3.63) is 54.1 Å². The lowest BCUT2D eigenvalue weighted by atomic mass is 9.98. The fraction of sp³-hybridized carbons (Fsp3) is 0.389. The van der Waals surface area contributed by atoms with Crippen molar-refractivity contribution in [3.8, 4) is 0 Å². The molecule has 0 spiro atoms. The Morgan fingerprint density at radius 1 is 1.33 bits per heavy atom. The summed E-state index contributed by atoms with van der Waals surface area (Å²) in [6.07, 6.45) is 7.18. The molecule has 140 valence electrons. The fourth-order valence-corrected chi connectivity index (χ4v) is 3.22. The number of rotatable bonds is 4. The molecule has 4 heterocycles. The molecule has 0 bridgehead atoms. The SMILES string of the molecule is Cc1noc(C2CCCN(C(=O)Nc3ccn(Cc4ccncc4)n3)C2)n1. The summed E-state index contributed by atoms with van der Waals surface area (Å²) in [6.45, 7) is 3.68. The molecule has 9 heteroatoms. The van der Waals surface area contributed by atoms with Crippen LogP contribution in [0.1, 0.15) is 36.0 Å². The van der Waals surface area contributed by atoms with Crippen LogP contribution in [0, 0.1) is 6.92 Å². The molecule has 1 aliphatic rings. The monoisotopic (exact) mass is 367 g/mol. The molecule has 27 heavy (non-hydrogen) atoms. The fourth-order valence-electron chi connectivity index (χ4n) is 3.22. The van der Waals surface area contributed by atoms with Crippen LogP contribution >= 0.6 is 0 Å². The zero-order chi connectivity index (χ0) is 18.6. The number of aromatic nitrogens is 5. The molecule has 1 fully saturated rings. The van der Waals surface area contributed by atoms with E-state index in [4.69, 9.17) is 4.52 Å². The van der Waals surface area contributed by atoms with Crippen LogP contribution in [0.4, 0.5) is 10.6 Å². The Morgan fingerprint density at radius 3 is 2.96 bits per heavy atom. The van der Waals surface area contributed by atoms with Crippen molar-refractivity contribution >= 4 is 11.8 Å². The number of likely N-dealkylation sites (tertiary alicyclic amines) is 1. The Balaban J connectivity index is 1.36. The van der Waals surface area contributed by atoms with Gasteiger partial charge in [-0.05, 0) is 37.5 Å². The van der Waals surface area contributed by atoms with Crippen LogP contribution in [-0.2, 0) is 6.54 Å². The van der Waals surface area contributed by atoms with E-state index in [1.54, 1.807) is 35.0 Å². The number of piperidine rings is 1. The van der Waals surface area contributed by atoms with E-state index in [1.807, 2.05) is 18.3 Å². The van der Waals surface area contributed by atoms with E-state index in [-0.39, 0.29) is 11.9 Å². The molecular formula is C18H21N7O2. The lowest BCUT2D eigenvalue weighted by Gasteiger charge is -2.30. The summed E-state index contributed by atoms with van der Waals surface area (Å²) < 4.78 is 7.05. The van der Waals surface area contributed by atoms with E-state index in [0.717, 1.165) is 18.4 Å². The van der Waals surface area contributed by atoms with Gasteiger partial charge in [0.25, 0.3) is 0 Å². The van der Waals surface area contributed by atoms with Crippen LogP contribution in [0.5, 0.6) is 0 Å². The van der Waals surface area contributed by atoms with Crippen molar-refractivity contribution in [1.82, 2.24) is 29.8 Å². The molecule has 0 aliphatic carbocycles. The summed E-state index contributed by atoms with van der Waals surface area (Å²) in [6, 6.07) is 5.51. The van der Waals surface area contributed by atoms with Crippen LogP contribution in [0.15, 0.2) is 41.3 Å². The second kappa shape index (κ2) is 7.56. The number of pyridine rings is 1. The van der Waals surface area contributed by atoms with Crippen LogP contribution in [-0.4, -0.2) is 48.9 Å². The number of nitrogens with zero attached hydrogens (tertiary/aromatic N) is 6. The van der Waals surface area contributed by atoms with Gasteiger partial charge in [-0.25, -0.2) is 4.79 Å². The summed E-state index contributed by atoms with van der Waals surface area (Å²) in [5, 5.41) is 11.1. The first kappa shape index (κ1) is 17.2. The average Bonchev–Trinajstić information content (AvgIpc) is 3.31. The van der Waals surface area contributed by atoms with Crippen molar-refractivity contribution in [3.63, 3.8) is 0 Å². The highest BCUT2D eigenvalue weighted by molar-refractivity contribution is 5.88. The van der Waals surface area contributed by atoms with Gasteiger partial charge >= 0.3 is 6.03 Å². The van der Waals surface area contributed by atoms with E-state index in [1.165, 1.54) is 0 Å². The minimum Gasteiger partial charge on any atom is -0.339 e. The largest absolute Gasteiger partial charge is 0.339 e. The van der Waals surface area contributed by atoms with Crippen LogP contribution < -0.4 is 5.32 Å². The van der Waals surface area contributed by atoms with Gasteiger partial charge in [0.05, 0.1) is 12.5 Å². The number of nitrogens with one attached hydrogen (secondary N) is 1. The number of carbonyl (C=O) groups excluding carboxylic acids is 1. The molecule has 1 atom stereocenters. The molecule has 0 aromatic carbocycles. The maximum absolute atomic E-state index is 12.6. The van der Waals surface area contributed by atoms with Crippen molar-refractivity contribution in [2.24, 2.45) is 0 Å². The molecule has 0 radical (unpaired) electrons. The lowest BCUT2D eigenvalue weighted by molar-refractivity contribution is 0.184. The Bertz CT molecular complexity index is 905. The molecule has 2 amide bonds. The number of urea groups is 1. The molecule has 0 saturated carbocycles. The predicted molar refractivity (Wildman–Crippen MR) is 97.2 cm³/mol. The van der Waals surface area contributed by atoms with E-state index in [2.05, 4.69) is 25.5 Å². The third-order valence-corrected chi connectivity index (χ3v) is 4.57. The zero-order valence-electron chi connectivity index (χ0n) is 15.1. The van der Waals surface area contributed by atoms with Crippen LogP contribution in [0.2, 0.25) is 0 Å². The molecule has 1 aliphatic heterocycles. The predicted octanol–water partition coefficient (Wildman–Crippen LogP) is 2.43. The summed E-state index contributed by atoms with van der Waals surface area (Å²) in [4.78, 5) is 22.7. The standard InChI is InChI=1S/C18H21N7O2/c1-13-20-17(27-23-13)15-3-2-9-24(12-15)18(26)21-16-6-10-25(22-16)11-14-4-7-19-8-5-14/h4-8,10,15H,2-3,9,11-12H2,1H3,(H,21,22,26). The zero-order valence-corrected chi connectivity index (χ0v) is 15.1. The van der Waals surface area contributed by atoms with E-state index in [0.29, 0.717) is 37.2 Å². The maximum atomic E-state index is 12.6. The van der Waals surface area contributed by atoms with Crippen molar-refractivity contribution < 1.29 is 9.32 Å². The third-order valence-electron chi connectivity index (χ3n) is 4.57. The van der Waals surface area contributed by atoms with Gasteiger partial charge in [0.2, 0.25) is 5.89 Å². The molecule has 3 aromatic heterocycles. The highest BCUT2D eigenvalue weighted by Gasteiger charge is 2.28. The summed E-state index contributed by atoms with van der Waals surface area (Å²) in [5.74, 6) is 1.83. The summed E-state index contributed by atoms with van der Waals surface area (Å²) in [7, 11) is 0. The van der Waals surface area contributed by atoms with Crippen LogP contribution in [0.3, 0.4) is 0 Å². The Kier molecular flexibility index (Phi) is 4.82. The number of aryl methyl sites for hydroxylation is 1. The van der Waals surface area contributed by atoms with Gasteiger partial charge in [-0.1, -0.05) is 5.16 Å². The number of anilines is 1. The van der Waals surface area contributed by atoms with Crippen LogP contribution in [0.25, 0.3) is 0 Å². The van der Waals surface area contributed by atoms with Gasteiger partial charge < -0.3 is 9.42 Å². The number of carbonyl (C=O) groups is 1. The highest BCUT2D eigenvalue weighted by atomic mass is 16.5. The van der Waals surface area contributed by atoms with Crippen molar-refractivity contribution in [2.75, 3.05) is 18.4 Å². The van der Waals surface area contributed by atoms with Gasteiger partial charge in [-0.2, -0.15) is 10.1 Å². The molecule has 1 N–H and O–H groups in total. The highest BCUT2D eigenvalue weighted by Crippen LogP contribution is 2.26. The van der Waals surface area contributed by atoms with Gasteiger partial charge in [0, 0.05) is 37.7 Å². The van der Waals surface area contributed by atoms with E-state index >= 15 is 0 Å². The van der Waals surface area contributed by atoms with E-state index in [9.17, 15) is 4.79 Å². The minimum absolute atomic E-state index is 0.0787. The van der Waals surface area contributed by atoms with Gasteiger partial charge in [-0.3, -0.25) is 15.0 Å². The van der Waals surface area contributed by atoms with Crippen molar-refractivity contribution in [2.45, 2.75) is 32.2 Å². The van der Waals surface area contributed by atoms with Crippen molar-refractivity contribution in [1.29, 1.82) is 0 Å². The minimum atomic E-state index is -0.162. The number of hydrogen-bond acceptors (Lipinski definition) is 6. The smallest absolute Gasteiger partial charge is 0.323 e. The lowest BCUT2D eigenvalue weighted by Crippen LogP contribution is -2.41. The Morgan fingerprint density at radius 2 is 2.19 bits per heavy atom.